The summed E-state index contributed by atoms with van der Waals surface area (Å²) in [7, 11) is 0. The zero-order chi connectivity index (χ0) is 17.1. The Labute approximate surface area is 142 Å². The normalized spacial score (nSPS) is 14.3. The predicted molar refractivity (Wildman–Crippen MR) is 94.6 cm³/mol. The van der Waals surface area contributed by atoms with E-state index >= 15 is 0 Å². The van der Waals surface area contributed by atoms with Gasteiger partial charge in [-0.3, -0.25) is 20.4 Å². The van der Waals surface area contributed by atoms with Crippen molar-refractivity contribution in [3.05, 3.63) is 35.0 Å². The lowest BCUT2D eigenvalue weighted by molar-refractivity contribution is -0.122. The van der Waals surface area contributed by atoms with E-state index in [1.807, 2.05) is 19.9 Å². The van der Waals surface area contributed by atoms with Crippen LogP contribution in [0.15, 0.2) is 18.2 Å². The number of carbonyl (C=O) groups is 2. The van der Waals surface area contributed by atoms with E-state index in [0.717, 1.165) is 23.7 Å². The molecule has 24 heavy (non-hydrogen) atoms. The zero-order valence-corrected chi connectivity index (χ0v) is 14.4. The van der Waals surface area contributed by atoms with Crippen LogP contribution in [-0.2, 0) is 17.6 Å². The molecular weight excluding hydrogens is 302 g/mol. The summed E-state index contributed by atoms with van der Waals surface area (Å²) in [5, 5.41) is 1.13. The van der Waals surface area contributed by atoms with E-state index in [4.69, 9.17) is 0 Å². The molecule has 5 heteroatoms. The first-order chi connectivity index (χ1) is 11.6. The number of hydrogen-bond donors (Lipinski definition) is 3. The first-order valence-electron chi connectivity index (χ1n) is 8.78. The number of amides is 2. The third-order valence-electron chi connectivity index (χ3n) is 4.54. The molecule has 5 nitrogen and oxygen atoms in total. The predicted octanol–water partition coefficient (Wildman–Crippen LogP) is 3.24. The van der Waals surface area contributed by atoms with Crippen molar-refractivity contribution >= 4 is 22.7 Å². The molecule has 3 rings (SSSR count). The zero-order valence-electron chi connectivity index (χ0n) is 14.4. The number of H-pyrrole nitrogens is 1. The van der Waals surface area contributed by atoms with Gasteiger partial charge in [0.25, 0.3) is 5.91 Å². The lowest BCUT2D eigenvalue weighted by Crippen LogP contribution is -2.42. The second-order valence-corrected chi connectivity index (χ2v) is 6.97. The fraction of sp³-hybridized carbons (Fsp3) is 0.474. The van der Waals surface area contributed by atoms with Gasteiger partial charge in [0.05, 0.1) is 11.1 Å². The summed E-state index contributed by atoms with van der Waals surface area (Å²) < 4.78 is 0. The van der Waals surface area contributed by atoms with Crippen LogP contribution >= 0.6 is 0 Å². The molecule has 1 heterocycles. The molecule has 0 aliphatic heterocycles. The number of aryl methyl sites for hydroxylation is 2. The van der Waals surface area contributed by atoms with Gasteiger partial charge >= 0.3 is 0 Å². The van der Waals surface area contributed by atoms with Crippen LogP contribution in [0.4, 0.5) is 0 Å². The summed E-state index contributed by atoms with van der Waals surface area (Å²) in [6.07, 6.45) is 6.13. The average Bonchev–Trinajstić information content (AvgIpc) is 2.73. The molecule has 1 aromatic carbocycles. The minimum atomic E-state index is -0.283. The summed E-state index contributed by atoms with van der Waals surface area (Å²) in [5.41, 5.74) is 9.08. The summed E-state index contributed by atoms with van der Waals surface area (Å²) in [6.45, 7) is 3.93. The number of fused-ring (bicyclic) bond motifs is 3. The molecule has 2 amide bonds. The SMILES string of the molecule is CC(C)CC(=O)NNC(=O)c1cccc2c3c([nH]c12)CCCCC3. The summed E-state index contributed by atoms with van der Waals surface area (Å²) in [5.74, 6) is -0.202. The number of aromatic amines is 1. The third kappa shape index (κ3) is 3.45. The third-order valence-corrected chi connectivity index (χ3v) is 4.54. The smallest absolute Gasteiger partial charge is 0.271 e. The standard InChI is InChI=1S/C19H25N3O2/c1-12(2)11-17(23)21-22-19(24)15-9-6-8-14-13-7-4-3-5-10-16(13)20-18(14)15/h6,8-9,12,20H,3-5,7,10-11H2,1-2H3,(H,21,23)(H,22,24). The van der Waals surface area contributed by atoms with Crippen molar-refractivity contribution in [2.45, 2.75) is 52.4 Å². The summed E-state index contributed by atoms with van der Waals surface area (Å²) >= 11 is 0. The van der Waals surface area contributed by atoms with Crippen molar-refractivity contribution in [3.8, 4) is 0 Å². The van der Waals surface area contributed by atoms with Gasteiger partial charge in [0.2, 0.25) is 5.91 Å². The van der Waals surface area contributed by atoms with Gasteiger partial charge in [-0.2, -0.15) is 0 Å². The molecular formula is C19H25N3O2. The maximum Gasteiger partial charge on any atom is 0.271 e. The van der Waals surface area contributed by atoms with Crippen LogP contribution in [0.2, 0.25) is 0 Å². The van der Waals surface area contributed by atoms with Crippen molar-refractivity contribution < 1.29 is 9.59 Å². The fourth-order valence-electron chi connectivity index (χ4n) is 3.41. The quantitative estimate of drug-likeness (QED) is 0.598. The Morgan fingerprint density at radius 3 is 2.71 bits per heavy atom. The highest BCUT2D eigenvalue weighted by atomic mass is 16.2. The van der Waals surface area contributed by atoms with Crippen LogP contribution in [0.5, 0.6) is 0 Å². The van der Waals surface area contributed by atoms with E-state index in [9.17, 15) is 9.59 Å². The molecule has 128 valence electrons. The van der Waals surface area contributed by atoms with Crippen molar-refractivity contribution in [2.75, 3.05) is 0 Å². The lowest BCUT2D eigenvalue weighted by atomic mass is 10.0. The van der Waals surface area contributed by atoms with Gasteiger partial charge in [0, 0.05) is 17.5 Å². The fourth-order valence-corrected chi connectivity index (χ4v) is 3.41. The number of nitrogens with one attached hydrogen (secondary N) is 3. The number of hydrogen-bond acceptors (Lipinski definition) is 2. The van der Waals surface area contributed by atoms with Crippen LogP contribution < -0.4 is 10.9 Å². The minimum absolute atomic E-state index is 0.173. The molecule has 2 aromatic rings. The average molecular weight is 327 g/mol. The Morgan fingerprint density at radius 1 is 1.12 bits per heavy atom. The second kappa shape index (κ2) is 7.07. The number of carbonyl (C=O) groups excluding carboxylic acids is 2. The van der Waals surface area contributed by atoms with Gasteiger partial charge in [-0.15, -0.1) is 0 Å². The van der Waals surface area contributed by atoms with Crippen LogP contribution in [0.25, 0.3) is 10.9 Å². The van der Waals surface area contributed by atoms with Crippen LogP contribution in [0.3, 0.4) is 0 Å². The molecule has 0 saturated heterocycles. The Hall–Kier alpha value is -2.30. The van der Waals surface area contributed by atoms with E-state index in [1.54, 1.807) is 6.07 Å². The number of aromatic nitrogens is 1. The minimum Gasteiger partial charge on any atom is -0.358 e. The number of hydrazine groups is 1. The summed E-state index contributed by atoms with van der Waals surface area (Å²) in [4.78, 5) is 27.7. The van der Waals surface area contributed by atoms with Crippen molar-refractivity contribution in [1.82, 2.24) is 15.8 Å². The van der Waals surface area contributed by atoms with Crippen molar-refractivity contribution in [2.24, 2.45) is 5.92 Å². The highest BCUT2D eigenvalue weighted by Crippen LogP contribution is 2.30. The van der Waals surface area contributed by atoms with E-state index in [-0.39, 0.29) is 17.7 Å². The van der Waals surface area contributed by atoms with Gasteiger partial charge in [-0.1, -0.05) is 32.4 Å². The van der Waals surface area contributed by atoms with Gasteiger partial charge in [0.1, 0.15) is 0 Å². The van der Waals surface area contributed by atoms with Gasteiger partial charge < -0.3 is 4.98 Å². The topological polar surface area (TPSA) is 74.0 Å². The lowest BCUT2D eigenvalue weighted by Gasteiger charge is -2.09. The monoisotopic (exact) mass is 327 g/mol. The molecule has 0 spiro atoms. The van der Waals surface area contributed by atoms with E-state index in [1.165, 1.54) is 30.5 Å². The Balaban J connectivity index is 1.82. The number of rotatable bonds is 3. The molecule has 0 unspecified atom stereocenters. The van der Waals surface area contributed by atoms with Gasteiger partial charge in [-0.25, -0.2) is 0 Å². The van der Waals surface area contributed by atoms with E-state index in [0.29, 0.717) is 12.0 Å². The molecule has 0 bridgehead atoms. The van der Waals surface area contributed by atoms with E-state index in [2.05, 4.69) is 21.9 Å². The van der Waals surface area contributed by atoms with Crippen molar-refractivity contribution in [3.63, 3.8) is 0 Å². The second-order valence-electron chi connectivity index (χ2n) is 6.97. The highest BCUT2D eigenvalue weighted by molar-refractivity contribution is 6.07. The molecule has 1 aliphatic rings. The summed E-state index contributed by atoms with van der Waals surface area (Å²) in [6, 6.07) is 5.78. The molecule has 0 fully saturated rings. The molecule has 0 atom stereocenters. The maximum atomic E-state index is 12.5. The number of para-hydroxylation sites is 1. The molecule has 3 N–H and O–H groups in total. The first kappa shape index (κ1) is 16.6. The number of benzene rings is 1. The van der Waals surface area contributed by atoms with Gasteiger partial charge in [0.15, 0.2) is 0 Å². The van der Waals surface area contributed by atoms with Crippen LogP contribution in [-0.4, -0.2) is 16.8 Å². The largest absolute Gasteiger partial charge is 0.358 e. The molecule has 0 radical (unpaired) electrons. The Morgan fingerprint density at radius 2 is 1.92 bits per heavy atom. The highest BCUT2D eigenvalue weighted by Gasteiger charge is 2.18. The maximum absolute atomic E-state index is 12.5. The Bertz CT molecular complexity index is 761. The van der Waals surface area contributed by atoms with Crippen LogP contribution in [0, 0.1) is 5.92 Å². The molecule has 0 saturated carbocycles. The van der Waals surface area contributed by atoms with Crippen LogP contribution in [0.1, 0.15) is 61.1 Å². The van der Waals surface area contributed by atoms with Crippen molar-refractivity contribution in [1.29, 1.82) is 0 Å². The van der Waals surface area contributed by atoms with Gasteiger partial charge in [-0.05, 0) is 43.2 Å². The van der Waals surface area contributed by atoms with E-state index < -0.39 is 0 Å². The molecule has 1 aromatic heterocycles. The molecule has 1 aliphatic carbocycles. The first-order valence-corrected chi connectivity index (χ1v) is 8.78. The Kier molecular flexibility index (Phi) is 4.88.